The average Bonchev–Trinajstić information content (AvgIpc) is 2.87. The SMILES string of the molecule is CC1CCC(NC(=S)NCC2CCCO2)C1. The summed E-state index contributed by atoms with van der Waals surface area (Å²) < 4.78 is 5.54. The molecule has 2 fully saturated rings. The van der Waals surface area contributed by atoms with Crippen LogP contribution < -0.4 is 10.6 Å². The number of thiocarbonyl (C=S) groups is 1. The normalized spacial score (nSPS) is 33.9. The predicted molar refractivity (Wildman–Crippen MR) is 69.5 cm³/mol. The van der Waals surface area contributed by atoms with Crippen molar-refractivity contribution in [2.75, 3.05) is 13.2 Å². The van der Waals surface area contributed by atoms with Crippen molar-refractivity contribution in [2.45, 2.75) is 51.2 Å². The fourth-order valence-corrected chi connectivity index (χ4v) is 2.84. The summed E-state index contributed by atoms with van der Waals surface area (Å²) in [6.07, 6.45) is 6.54. The van der Waals surface area contributed by atoms with E-state index in [1.165, 1.54) is 25.7 Å². The summed E-state index contributed by atoms with van der Waals surface area (Å²) in [7, 11) is 0. The standard InChI is InChI=1S/C12H22N2OS/c1-9-4-5-10(7-9)14-12(16)13-8-11-3-2-6-15-11/h9-11H,2-8H2,1H3,(H2,13,14,16). The molecule has 2 N–H and O–H groups in total. The Labute approximate surface area is 103 Å². The summed E-state index contributed by atoms with van der Waals surface area (Å²) >= 11 is 5.29. The van der Waals surface area contributed by atoms with E-state index in [1.54, 1.807) is 0 Å². The predicted octanol–water partition coefficient (Wildman–Crippen LogP) is 1.82. The minimum absolute atomic E-state index is 0.363. The van der Waals surface area contributed by atoms with Gasteiger partial charge in [-0.1, -0.05) is 6.92 Å². The fourth-order valence-electron chi connectivity index (χ4n) is 2.59. The Kier molecular flexibility index (Phi) is 4.41. The van der Waals surface area contributed by atoms with Crippen molar-refractivity contribution in [1.29, 1.82) is 0 Å². The van der Waals surface area contributed by atoms with Crippen molar-refractivity contribution in [1.82, 2.24) is 10.6 Å². The van der Waals surface area contributed by atoms with E-state index in [4.69, 9.17) is 17.0 Å². The van der Waals surface area contributed by atoms with Crippen LogP contribution in [0.2, 0.25) is 0 Å². The first kappa shape index (κ1) is 12.1. The van der Waals surface area contributed by atoms with Gasteiger partial charge in [0, 0.05) is 19.2 Å². The second kappa shape index (κ2) is 5.82. The summed E-state index contributed by atoms with van der Waals surface area (Å²) in [4.78, 5) is 0. The average molecular weight is 242 g/mol. The Morgan fingerprint density at radius 3 is 2.88 bits per heavy atom. The van der Waals surface area contributed by atoms with Crippen LogP contribution in [0.5, 0.6) is 0 Å². The van der Waals surface area contributed by atoms with Crippen molar-refractivity contribution in [3.63, 3.8) is 0 Å². The Balaban J connectivity index is 1.60. The highest BCUT2D eigenvalue weighted by molar-refractivity contribution is 7.80. The third-order valence-corrected chi connectivity index (χ3v) is 3.81. The lowest BCUT2D eigenvalue weighted by molar-refractivity contribution is 0.114. The lowest BCUT2D eigenvalue weighted by Gasteiger charge is -2.17. The van der Waals surface area contributed by atoms with Crippen LogP contribution in [-0.2, 0) is 4.74 Å². The second-order valence-electron chi connectivity index (χ2n) is 5.10. The molecule has 3 unspecified atom stereocenters. The summed E-state index contributed by atoms with van der Waals surface area (Å²) in [6, 6.07) is 0.583. The summed E-state index contributed by atoms with van der Waals surface area (Å²) in [5.41, 5.74) is 0. The minimum atomic E-state index is 0.363. The van der Waals surface area contributed by atoms with Crippen LogP contribution in [0.25, 0.3) is 0 Å². The van der Waals surface area contributed by atoms with E-state index < -0.39 is 0 Å². The molecule has 1 saturated carbocycles. The van der Waals surface area contributed by atoms with Crippen molar-refractivity contribution in [3.05, 3.63) is 0 Å². The molecule has 4 heteroatoms. The molecule has 2 aliphatic rings. The first-order valence-corrected chi connectivity index (χ1v) is 6.81. The van der Waals surface area contributed by atoms with Crippen molar-refractivity contribution in [3.8, 4) is 0 Å². The van der Waals surface area contributed by atoms with Gasteiger partial charge < -0.3 is 15.4 Å². The van der Waals surface area contributed by atoms with E-state index in [2.05, 4.69) is 17.6 Å². The quantitative estimate of drug-likeness (QED) is 0.740. The highest BCUT2D eigenvalue weighted by Gasteiger charge is 2.22. The molecule has 1 heterocycles. The second-order valence-corrected chi connectivity index (χ2v) is 5.51. The smallest absolute Gasteiger partial charge is 0.166 e. The molecule has 1 aliphatic heterocycles. The minimum Gasteiger partial charge on any atom is -0.376 e. The number of hydrogen-bond donors (Lipinski definition) is 2. The molecule has 0 amide bonds. The maximum atomic E-state index is 5.54. The number of ether oxygens (including phenoxy) is 1. The van der Waals surface area contributed by atoms with Crippen LogP contribution in [0.15, 0.2) is 0 Å². The van der Waals surface area contributed by atoms with Gasteiger partial charge >= 0.3 is 0 Å². The molecule has 0 aromatic rings. The maximum Gasteiger partial charge on any atom is 0.166 e. The molecule has 1 saturated heterocycles. The Morgan fingerprint density at radius 1 is 1.38 bits per heavy atom. The largest absolute Gasteiger partial charge is 0.376 e. The van der Waals surface area contributed by atoms with E-state index >= 15 is 0 Å². The molecule has 3 nitrogen and oxygen atoms in total. The van der Waals surface area contributed by atoms with Gasteiger partial charge in [0.05, 0.1) is 6.10 Å². The maximum absolute atomic E-state index is 5.54. The molecule has 0 radical (unpaired) electrons. The van der Waals surface area contributed by atoms with Gasteiger partial charge in [0.25, 0.3) is 0 Å². The molecule has 0 spiro atoms. The highest BCUT2D eigenvalue weighted by atomic mass is 32.1. The molecule has 16 heavy (non-hydrogen) atoms. The zero-order valence-corrected chi connectivity index (χ0v) is 10.8. The Hall–Kier alpha value is -0.350. The van der Waals surface area contributed by atoms with Crippen LogP contribution in [0.3, 0.4) is 0 Å². The van der Waals surface area contributed by atoms with Crippen LogP contribution in [0.1, 0.15) is 39.0 Å². The topological polar surface area (TPSA) is 33.3 Å². The molecule has 0 aromatic carbocycles. The first-order valence-electron chi connectivity index (χ1n) is 6.40. The van der Waals surface area contributed by atoms with Crippen LogP contribution in [-0.4, -0.2) is 30.4 Å². The lowest BCUT2D eigenvalue weighted by atomic mass is 10.1. The van der Waals surface area contributed by atoms with E-state index in [1.807, 2.05) is 0 Å². The summed E-state index contributed by atoms with van der Waals surface area (Å²) in [5, 5.41) is 7.46. The van der Waals surface area contributed by atoms with Crippen LogP contribution >= 0.6 is 12.2 Å². The summed E-state index contributed by atoms with van der Waals surface area (Å²) in [6.45, 7) is 4.07. The Bertz CT molecular complexity index is 241. The van der Waals surface area contributed by atoms with E-state index in [0.29, 0.717) is 12.1 Å². The van der Waals surface area contributed by atoms with Gasteiger partial charge in [-0.3, -0.25) is 0 Å². The summed E-state index contributed by atoms with van der Waals surface area (Å²) in [5.74, 6) is 0.846. The van der Waals surface area contributed by atoms with Crippen molar-refractivity contribution < 1.29 is 4.74 Å². The molecular formula is C12H22N2OS. The molecule has 0 bridgehead atoms. The van der Waals surface area contributed by atoms with Gasteiger partial charge in [0.2, 0.25) is 0 Å². The number of rotatable bonds is 3. The third kappa shape index (κ3) is 3.59. The van der Waals surface area contributed by atoms with E-state index in [-0.39, 0.29) is 0 Å². The molecular weight excluding hydrogens is 220 g/mol. The van der Waals surface area contributed by atoms with E-state index in [0.717, 1.165) is 30.6 Å². The third-order valence-electron chi connectivity index (χ3n) is 3.54. The van der Waals surface area contributed by atoms with Gasteiger partial charge in [-0.25, -0.2) is 0 Å². The monoisotopic (exact) mass is 242 g/mol. The van der Waals surface area contributed by atoms with Gasteiger partial charge in [-0.2, -0.15) is 0 Å². The van der Waals surface area contributed by atoms with Gasteiger partial charge in [-0.15, -0.1) is 0 Å². The van der Waals surface area contributed by atoms with Crippen molar-refractivity contribution >= 4 is 17.3 Å². The van der Waals surface area contributed by atoms with Gasteiger partial charge in [0.1, 0.15) is 0 Å². The molecule has 92 valence electrons. The lowest BCUT2D eigenvalue weighted by Crippen LogP contribution is -2.43. The molecule has 0 aromatic heterocycles. The van der Waals surface area contributed by atoms with Crippen LogP contribution in [0.4, 0.5) is 0 Å². The molecule has 2 rings (SSSR count). The number of nitrogens with one attached hydrogen (secondary N) is 2. The molecule has 1 aliphatic carbocycles. The van der Waals surface area contributed by atoms with E-state index in [9.17, 15) is 0 Å². The van der Waals surface area contributed by atoms with Crippen LogP contribution in [0, 0.1) is 5.92 Å². The van der Waals surface area contributed by atoms with Gasteiger partial charge in [0.15, 0.2) is 5.11 Å². The zero-order valence-electron chi connectivity index (χ0n) is 10.00. The van der Waals surface area contributed by atoms with Crippen molar-refractivity contribution in [2.24, 2.45) is 5.92 Å². The first-order chi connectivity index (χ1) is 7.74. The zero-order chi connectivity index (χ0) is 11.4. The number of hydrogen-bond acceptors (Lipinski definition) is 2. The Morgan fingerprint density at radius 2 is 2.25 bits per heavy atom. The molecule has 3 atom stereocenters. The highest BCUT2D eigenvalue weighted by Crippen LogP contribution is 2.24. The fraction of sp³-hybridized carbons (Fsp3) is 0.917. The van der Waals surface area contributed by atoms with Gasteiger partial charge in [-0.05, 0) is 50.2 Å².